The average molecular weight is 245 g/mol. The van der Waals surface area contributed by atoms with Crippen LogP contribution in [0.1, 0.15) is 16.9 Å². The zero-order chi connectivity index (χ0) is 10.7. The Kier molecular flexibility index (Phi) is 4.03. The monoisotopic (exact) mass is 244 g/mol. The molecule has 2 heterocycles. The number of rotatable bonds is 2. The Bertz CT molecular complexity index is 316. The Balaban J connectivity index is 1.97. The highest BCUT2D eigenvalue weighted by Gasteiger charge is 2.12. The van der Waals surface area contributed by atoms with Crippen molar-refractivity contribution in [3.8, 4) is 0 Å². The van der Waals surface area contributed by atoms with Crippen molar-refractivity contribution < 1.29 is 0 Å². The van der Waals surface area contributed by atoms with Gasteiger partial charge in [-0.25, -0.2) is 0 Å². The molecule has 1 fully saturated rings. The second kappa shape index (κ2) is 5.30. The standard InChI is InChI=1S/C11H17ClN2S/c1-9-7-11(12)15-10(9)8-14-5-2-3-13-4-6-14/h7,13H,2-6,8H2,1H3. The summed E-state index contributed by atoms with van der Waals surface area (Å²) in [6, 6.07) is 2.07. The lowest BCUT2D eigenvalue weighted by Gasteiger charge is -2.18. The third-order valence-electron chi connectivity index (χ3n) is 2.79. The van der Waals surface area contributed by atoms with Crippen LogP contribution in [0.3, 0.4) is 0 Å². The van der Waals surface area contributed by atoms with E-state index in [0.29, 0.717) is 0 Å². The number of hydrogen-bond acceptors (Lipinski definition) is 3. The van der Waals surface area contributed by atoms with Crippen molar-refractivity contribution in [1.82, 2.24) is 10.2 Å². The highest BCUT2D eigenvalue weighted by atomic mass is 35.5. The molecular weight excluding hydrogens is 228 g/mol. The summed E-state index contributed by atoms with van der Waals surface area (Å²) in [5, 5.41) is 3.42. The number of hydrogen-bond donors (Lipinski definition) is 1. The van der Waals surface area contributed by atoms with Gasteiger partial charge in [-0.2, -0.15) is 0 Å². The quantitative estimate of drug-likeness (QED) is 0.860. The molecule has 1 aliphatic heterocycles. The van der Waals surface area contributed by atoms with Gasteiger partial charge >= 0.3 is 0 Å². The van der Waals surface area contributed by atoms with Gasteiger partial charge in [-0.3, -0.25) is 4.90 Å². The fourth-order valence-electron chi connectivity index (χ4n) is 1.90. The van der Waals surface area contributed by atoms with Crippen molar-refractivity contribution in [2.75, 3.05) is 26.2 Å². The molecule has 0 bridgehead atoms. The van der Waals surface area contributed by atoms with Crippen LogP contribution in [-0.4, -0.2) is 31.1 Å². The molecule has 1 aromatic heterocycles. The minimum atomic E-state index is 0.912. The first-order valence-corrected chi connectivity index (χ1v) is 6.63. The fraction of sp³-hybridized carbons (Fsp3) is 0.636. The maximum absolute atomic E-state index is 6.00. The van der Waals surface area contributed by atoms with E-state index >= 15 is 0 Å². The molecular formula is C11H17ClN2S. The van der Waals surface area contributed by atoms with E-state index in [4.69, 9.17) is 11.6 Å². The van der Waals surface area contributed by atoms with E-state index in [0.717, 1.165) is 30.5 Å². The van der Waals surface area contributed by atoms with Gasteiger partial charge in [-0.15, -0.1) is 11.3 Å². The summed E-state index contributed by atoms with van der Waals surface area (Å²) in [4.78, 5) is 3.93. The van der Waals surface area contributed by atoms with Gasteiger partial charge < -0.3 is 5.32 Å². The van der Waals surface area contributed by atoms with E-state index in [9.17, 15) is 0 Å². The van der Waals surface area contributed by atoms with Gasteiger partial charge in [0.05, 0.1) is 4.34 Å². The Morgan fingerprint density at radius 3 is 3.07 bits per heavy atom. The first kappa shape index (κ1) is 11.4. The number of nitrogens with zero attached hydrogens (tertiary/aromatic N) is 1. The SMILES string of the molecule is Cc1cc(Cl)sc1CN1CCCNCC1. The molecule has 15 heavy (non-hydrogen) atoms. The van der Waals surface area contributed by atoms with E-state index in [-0.39, 0.29) is 0 Å². The maximum atomic E-state index is 6.00. The molecule has 0 radical (unpaired) electrons. The van der Waals surface area contributed by atoms with E-state index in [1.807, 2.05) is 0 Å². The molecule has 1 saturated heterocycles. The topological polar surface area (TPSA) is 15.3 Å². The molecule has 4 heteroatoms. The highest BCUT2D eigenvalue weighted by Crippen LogP contribution is 2.27. The summed E-state index contributed by atoms with van der Waals surface area (Å²) in [5.74, 6) is 0. The van der Waals surface area contributed by atoms with Crippen molar-refractivity contribution in [2.45, 2.75) is 19.9 Å². The van der Waals surface area contributed by atoms with Gasteiger partial charge in [0.25, 0.3) is 0 Å². The Morgan fingerprint density at radius 2 is 2.33 bits per heavy atom. The molecule has 1 aliphatic rings. The third kappa shape index (κ3) is 3.18. The second-order valence-electron chi connectivity index (χ2n) is 4.04. The van der Waals surface area contributed by atoms with Gasteiger partial charge in [0.15, 0.2) is 0 Å². The lowest BCUT2D eigenvalue weighted by molar-refractivity contribution is 0.286. The maximum Gasteiger partial charge on any atom is 0.0934 e. The van der Waals surface area contributed by atoms with Crippen molar-refractivity contribution in [3.05, 3.63) is 20.8 Å². The van der Waals surface area contributed by atoms with Crippen LogP contribution in [0.5, 0.6) is 0 Å². The number of nitrogens with one attached hydrogen (secondary N) is 1. The third-order valence-corrected chi connectivity index (χ3v) is 4.14. The van der Waals surface area contributed by atoms with Crippen LogP contribution >= 0.6 is 22.9 Å². The van der Waals surface area contributed by atoms with Crippen LogP contribution in [0.2, 0.25) is 4.34 Å². The largest absolute Gasteiger partial charge is 0.315 e. The molecule has 0 unspecified atom stereocenters. The van der Waals surface area contributed by atoms with E-state index in [1.165, 1.54) is 23.4 Å². The summed E-state index contributed by atoms with van der Waals surface area (Å²) in [6.45, 7) is 7.81. The van der Waals surface area contributed by atoms with Crippen LogP contribution in [-0.2, 0) is 6.54 Å². The summed E-state index contributed by atoms with van der Waals surface area (Å²) in [7, 11) is 0. The molecule has 0 saturated carbocycles. The van der Waals surface area contributed by atoms with Crippen molar-refractivity contribution >= 4 is 22.9 Å². The molecule has 0 amide bonds. The highest BCUT2D eigenvalue weighted by molar-refractivity contribution is 7.16. The average Bonchev–Trinajstić information content (AvgIpc) is 2.44. The molecule has 1 aromatic rings. The van der Waals surface area contributed by atoms with Gasteiger partial charge in [0, 0.05) is 24.5 Å². The number of thiophene rings is 1. The predicted molar refractivity (Wildman–Crippen MR) is 66.8 cm³/mol. The van der Waals surface area contributed by atoms with Gasteiger partial charge in [0.1, 0.15) is 0 Å². The van der Waals surface area contributed by atoms with Gasteiger partial charge in [-0.1, -0.05) is 11.6 Å². The van der Waals surface area contributed by atoms with E-state index < -0.39 is 0 Å². The smallest absolute Gasteiger partial charge is 0.0934 e. The van der Waals surface area contributed by atoms with Crippen LogP contribution in [0.15, 0.2) is 6.07 Å². The normalized spacial score (nSPS) is 19.1. The van der Waals surface area contributed by atoms with Crippen LogP contribution in [0, 0.1) is 6.92 Å². The minimum absolute atomic E-state index is 0.912. The van der Waals surface area contributed by atoms with Crippen LogP contribution in [0.4, 0.5) is 0 Å². The molecule has 0 spiro atoms. The predicted octanol–water partition coefficient (Wildman–Crippen LogP) is 2.51. The first-order chi connectivity index (χ1) is 7.25. The Morgan fingerprint density at radius 1 is 1.47 bits per heavy atom. The molecule has 0 aromatic carbocycles. The number of aryl methyl sites for hydroxylation is 1. The van der Waals surface area contributed by atoms with Crippen molar-refractivity contribution in [3.63, 3.8) is 0 Å². The lowest BCUT2D eigenvalue weighted by Crippen LogP contribution is -2.27. The number of halogens is 1. The Hall–Kier alpha value is -0.0900. The summed E-state index contributed by atoms with van der Waals surface area (Å²) >= 11 is 7.72. The summed E-state index contributed by atoms with van der Waals surface area (Å²) in [5.41, 5.74) is 1.34. The molecule has 0 atom stereocenters. The van der Waals surface area contributed by atoms with Crippen LogP contribution < -0.4 is 5.32 Å². The molecule has 2 nitrogen and oxygen atoms in total. The van der Waals surface area contributed by atoms with Crippen LogP contribution in [0.25, 0.3) is 0 Å². The molecule has 1 N–H and O–H groups in total. The Labute approximate surface area is 100 Å². The summed E-state index contributed by atoms with van der Waals surface area (Å²) < 4.78 is 0.912. The zero-order valence-electron chi connectivity index (χ0n) is 9.05. The van der Waals surface area contributed by atoms with E-state index in [2.05, 4.69) is 23.2 Å². The first-order valence-electron chi connectivity index (χ1n) is 5.43. The fourth-order valence-corrected chi connectivity index (χ4v) is 3.28. The minimum Gasteiger partial charge on any atom is -0.315 e. The molecule has 2 rings (SSSR count). The second-order valence-corrected chi connectivity index (χ2v) is 5.80. The summed E-state index contributed by atoms with van der Waals surface area (Å²) in [6.07, 6.45) is 1.25. The zero-order valence-corrected chi connectivity index (χ0v) is 10.6. The van der Waals surface area contributed by atoms with E-state index in [1.54, 1.807) is 11.3 Å². The van der Waals surface area contributed by atoms with Crippen molar-refractivity contribution in [1.29, 1.82) is 0 Å². The molecule has 0 aliphatic carbocycles. The van der Waals surface area contributed by atoms with Crippen molar-refractivity contribution in [2.24, 2.45) is 0 Å². The van der Waals surface area contributed by atoms with Gasteiger partial charge in [0.2, 0.25) is 0 Å². The van der Waals surface area contributed by atoms with Gasteiger partial charge in [-0.05, 0) is 38.1 Å². The lowest BCUT2D eigenvalue weighted by atomic mass is 10.2. The molecule has 84 valence electrons.